The summed E-state index contributed by atoms with van der Waals surface area (Å²) in [4.78, 5) is 0. The van der Waals surface area contributed by atoms with Gasteiger partial charge in [0.2, 0.25) is 0 Å². The predicted octanol–water partition coefficient (Wildman–Crippen LogP) is 5.13. The van der Waals surface area contributed by atoms with Gasteiger partial charge in [-0.1, -0.05) is 40.9 Å². The Morgan fingerprint density at radius 3 is 2.25 bits per heavy atom. The number of nitrogens with one attached hydrogen (secondary N) is 2. The summed E-state index contributed by atoms with van der Waals surface area (Å²) in [5.74, 6) is 0.754. The molecule has 0 spiro atoms. The summed E-state index contributed by atoms with van der Waals surface area (Å²) in [6, 6.07) is 10.9. The summed E-state index contributed by atoms with van der Waals surface area (Å²) in [7, 11) is 0. The minimum Gasteiger partial charge on any atom is -0.489 e. The van der Waals surface area contributed by atoms with E-state index in [0.717, 1.165) is 30.0 Å². The second-order valence-electron chi connectivity index (χ2n) is 6.01. The maximum Gasteiger partial charge on any atom is 0.124 e. The molecule has 0 aromatic heterocycles. The molecule has 9 heteroatoms. The number of rotatable bonds is 10. The Kier molecular flexibility index (Phi) is 14.3. The molecule has 0 amide bonds. The van der Waals surface area contributed by atoms with Gasteiger partial charge in [0.15, 0.2) is 0 Å². The number of hydrogen-bond donors (Lipinski definition) is 3. The summed E-state index contributed by atoms with van der Waals surface area (Å²) in [5, 5.41) is 17.5. The minimum atomic E-state index is -0.345. The molecular weight excluding hydrogens is 465 g/mol. The van der Waals surface area contributed by atoms with Gasteiger partial charge in [0.25, 0.3) is 0 Å². The van der Waals surface area contributed by atoms with Gasteiger partial charge in [-0.2, -0.15) is 0 Å². The lowest BCUT2D eigenvalue weighted by molar-refractivity contribution is 0.191. The smallest absolute Gasteiger partial charge is 0.124 e. The molecule has 0 heterocycles. The van der Waals surface area contributed by atoms with E-state index in [4.69, 9.17) is 39.5 Å². The zero-order valence-corrected chi connectivity index (χ0v) is 19.3. The summed E-state index contributed by atoms with van der Waals surface area (Å²) < 4.78 is 5.93. The molecule has 0 bridgehead atoms. The fourth-order valence-corrected chi connectivity index (χ4v) is 2.99. The Morgan fingerprint density at radius 1 is 0.929 bits per heavy atom. The third-order valence-corrected chi connectivity index (χ3v) is 4.48. The predicted molar refractivity (Wildman–Crippen MR) is 123 cm³/mol. The zero-order valence-electron chi connectivity index (χ0n) is 15.4. The minimum absolute atomic E-state index is 0. The van der Waals surface area contributed by atoms with Crippen LogP contribution in [0.3, 0.4) is 0 Å². The van der Waals surface area contributed by atoms with E-state index >= 15 is 0 Å². The maximum absolute atomic E-state index is 9.21. The monoisotopic (exact) mass is 488 g/mol. The Morgan fingerprint density at radius 2 is 1.57 bits per heavy atom. The second-order valence-corrected chi connectivity index (χ2v) is 7.29. The number of aliphatic hydroxyl groups is 1. The lowest BCUT2D eigenvalue weighted by Gasteiger charge is -2.14. The molecule has 0 radical (unpaired) electrons. The van der Waals surface area contributed by atoms with Crippen LogP contribution in [0.1, 0.15) is 18.1 Å². The molecule has 0 fully saturated rings. The van der Waals surface area contributed by atoms with Crippen molar-refractivity contribution in [1.82, 2.24) is 10.6 Å². The molecule has 1 unspecified atom stereocenters. The summed E-state index contributed by atoms with van der Waals surface area (Å²) in [6.07, 6.45) is -0.345. The van der Waals surface area contributed by atoms with Gasteiger partial charge in [-0.3, -0.25) is 0 Å². The molecule has 3 N–H and O–H groups in total. The number of benzene rings is 2. The molecule has 2 rings (SSSR count). The van der Waals surface area contributed by atoms with Crippen LogP contribution < -0.4 is 15.4 Å². The Balaban J connectivity index is 0.00000364. The molecule has 4 nitrogen and oxygen atoms in total. The highest BCUT2D eigenvalue weighted by Gasteiger charge is 2.07. The van der Waals surface area contributed by atoms with Crippen LogP contribution in [0.5, 0.6) is 5.75 Å². The zero-order chi connectivity index (χ0) is 18.9. The van der Waals surface area contributed by atoms with Crippen molar-refractivity contribution in [1.29, 1.82) is 0 Å². The van der Waals surface area contributed by atoms with Gasteiger partial charge >= 0.3 is 0 Å². The first-order valence-corrected chi connectivity index (χ1v) is 9.53. The van der Waals surface area contributed by atoms with Gasteiger partial charge in [0, 0.05) is 52.4 Å². The number of ether oxygens (including phenoxy) is 1. The van der Waals surface area contributed by atoms with E-state index in [1.54, 1.807) is 25.1 Å². The molecule has 0 aliphatic heterocycles. The molecule has 1 atom stereocenters. The van der Waals surface area contributed by atoms with Crippen molar-refractivity contribution >= 4 is 59.6 Å². The van der Waals surface area contributed by atoms with E-state index in [0.29, 0.717) is 34.8 Å². The van der Waals surface area contributed by atoms with Crippen LogP contribution >= 0.6 is 59.6 Å². The highest BCUT2D eigenvalue weighted by molar-refractivity contribution is 6.35. The van der Waals surface area contributed by atoms with Crippen LogP contribution in [0.25, 0.3) is 0 Å². The quantitative estimate of drug-likeness (QED) is 0.404. The molecule has 2 aromatic carbocycles. The maximum atomic E-state index is 9.21. The number of hydrogen-bond acceptors (Lipinski definition) is 4. The van der Waals surface area contributed by atoms with Crippen molar-refractivity contribution in [2.45, 2.75) is 26.2 Å². The van der Waals surface area contributed by atoms with Crippen molar-refractivity contribution in [3.05, 3.63) is 62.6 Å². The third-order valence-electron chi connectivity index (χ3n) is 3.65. The lowest BCUT2D eigenvalue weighted by Crippen LogP contribution is -2.31. The Hall–Kier alpha value is -0.430. The first-order chi connectivity index (χ1) is 12.5. The molecule has 0 aliphatic carbocycles. The molecule has 0 aliphatic rings. The van der Waals surface area contributed by atoms with E-state index in [1.807, 2.05) is 18.2 Å². The average Bonchev–Trinajstić information content (AvgIpc) is 2.58. The normalized spacial score (nSPS) is 11.3. The second kappa shape index (κ2) is 14.5. The van der Waals surface area contributed by atoms with E-state index < -0.39 is 0 Å². The standard InChI is InChI=1S/C19H23Cl3N2O2.2ClH/c1-13(25)10-23-6-7-24-11-15-8-16(20)4-5-19(15)26-12-14-2-3-17(21)9-18(14)22;;/h2-5,8-9,13,23-25H,6-7,10-12H2,1H3;2*1H. The topological polar surface area (TPSA) is 53.5 Å². The van der Waals surface area contributed by atoms with E-state index in [9.17, 15) is 5.11 Å². The van der Waals surface area contributed by atoms with Gasteiger partial charge in [0.05, 0.1) is 6.10 Å². The van der Waals surface area contributed by atoms with Crippen LogP contribution in [0.15, 0.2) is 36.4 Å². The Labute approximate surface area is 193 Å². The van der Waals surface area contributed by atoms with Gasteiger partial charge in [-0.15, -0.1) is 24.8 Å². The van der Waals surface area contributed by atoms with Gasteiger partial charge < -0.3 is 20.5 Å². The third kappa shape index (κ3) is 9.86. The average molecular weight is 491 g/mol. The first kappa shape index (κ1) is 27.6. The van der Waals surface area contributed by atoms with E-state index in [-0.39, 0.29) is 30.9 Å². The van der Waals surface area contributed by atoms with Crippen molar-refractivity contribution in [3.8, 4) is 5.75 Å². The van der Waals surface area contributed by atoms with Crippen LogP contribution in [0, 0.1) is 0 Å². The highest BCUT2D eigenvalue weighted by atomic mass is 35.5. The SMILES string of the molecule is CC(O)CNCCNCc1cc(Cl)ccc1OCc1ccc(Cl)cc1Cl.Cl.Cl. The highest BCUT2D eigenvalue weighted by Crippen LogP contribution is 2.26. The lowest BCUT2D eigenvalue weighted by atomic mass is 10.2. The van der Waals surface area contributed by atoms with Crippen LogP contribution in [0.4, 0.5) is 0 Å². The van der Waals surface area contributed by atoms with Crippen molar-refractivity contribution < 1.29 is 9.84 Å². The van der Waals surface area contributed by atoms with E-state index in [2.05, 4.69) is 10.6 Å². The fraction of sp³-hybridized carbons (Fsp3) is 0.368. The molecular formula is C19H25Cl5N2O2. The number of halogens is 5. The van der Waals surface area contributed by atoms with Gasteiger partial charge in [-0.25, -0.2) is 0 Å². The van der Waals surface area contributed by atoms with E-state index in [1.165, 1.54) is 0 Å². The summed E-state index contributed by atoms with van der Waals surface area (Å²) in [5.41, 5.74) is 1.84. The first-order valence-electron chi connectivity index (χ1n) is 8.40. The van der Waals surface area contributed by atoms with Crippen molar-refractivity contribution in [2.75, 3.05) is 19.6 Å². The van der Waals surface area contributed by atoms with Crippen LogP contribution in [-0.2, 0) is 13.2 Å². The largest absolute Gasteiger partial charge is 0.489 e. The fourth-order valence-electron chi connectivity index (χ4n) is 2.33. The van der Waals surface area contributed by atoms with Crippen LogP contribution in [-0.4, -0.2) is 30.8 Å². The summed E-state index contributed by atoms with van der Waals surface area (Å²) in [6.45, 7) is 4.84. The van der Waals surface area contributed by atoms with Crippen molar-refractivity contribution in [3.63, 3.8) is 0 Å². The molecule has 2 aromatic rings. The molecule has 158 valence electrons. The van der Waals surface area contributed by atoms with Gasteiger partial charge in [-0.05, 0) is 37.3 Å². The van der Waals surface area contributed by atoms with Crippen LogP contribution in [0.2, 0.25) is 15.1 Å². The molecule has 28 heavy (non-hydrogen) atoms. The number of aliphatic hydroxyl groups excluding tert-OH is 1. The molecule has 0 saturated carbocycles. The van der Waals surface area contributed by atoms with Gasteiger partial charge in [0.1, 0.15) is 12.4 Å². The Bertz CT molecular complexity index is 717. The van der Waals surface area contributed by atoms with Crippen molar-refractivity contribution in [2.24, 2.45) is 0 Å². The summed E-state index contributed by atoms with van der Waals surface area (Å²) >= 11 is 18.2. The molecule has 0 saturated heterocycles.